The van der Waals surface area contributed by atoms with Crippen LogP contribution in [0, 0.1) is 6.92 Å². The topological polar surface area (TPSA) is 27.6 Å². The molecule has 0 fully saturated rings. The number of unbranched alkanes of at least 4 members (excludes halogenated alkanes) is 9. The second-order valence-electron chi connectivity index (χ2n) is 7.31. The molecule has 1 rings (SSSR count). The van der Waals surface area contributed by atoms with E-state index in [0.717, 1.165) is 0 Å². The van der Waals surface area contributed by atoms with Crippen molar-refractivity contribution in [3.05, 3.63) is 35.4 Å². The molecule has 0 aliphatic carbocycles. The molecule has 0 saturated heterocycles. The van der Waals surface area contributed by atoms with Crippen LogP contribution < -0.4 is 5.73 Å². The fourth-order valence-corrected chi connectivity index (χ4v) is 2.57. The first-order valence-electron chi connectivity index (χ1n) is 9.94. The standard InChI is InChI=1S/C19H32.C3H9N/c1-3-4-5-6-7-8-9-10-11-12-13-19-16-14-18(2)15-17-19;1-3(2)4/h14-17H,3-13H2,1-2H3;3H,4H2,1-2H3/p+1. The zero-order valence-electron chi connectivity index (χ0n) is 16.4. The molecule has 0 radical (unpaired) electrons. The average molecular weight is 321 g/mol. The van der Waals surface area contributed by atoms with Crippen molar-refractivity contribution >= 4 is 0 Å². The minimum absolute atomic E-state index is 0.583. The van der Waals surface area contributed by atoms with Crippen molar-refractivity contribution in [2.75, 3.05) is 0 Å². The van der Waals surface area contributed by atoms with Gasteiger partial charge in [0.1, 0.15) is 0 Å². The lowest BCUT2D eigenvalue weighted by Crippen LogP contribution is -2.57. The summed E-state index contributed by atoms with van der Waals surface area (Å²) < 4.78 is 0. The first-order valence-corrected chi connectivity index (χ1v) is 9.94. The van der Waals surface area contributed by atoms with E-state index in [1.165, 1.54) is 81.8 Å². The Morgan fingerprint density at radius 3 is 1.57 bits per heavy atom. The second-order valence-corrected chi connectivity index (χ2v) is 7.31. The molecule has 1 heteroatoms. The number of benzene rings is 1. The van der Waals surface area contributed by atoms with Crippen molar-refractivity contribution in [1.82, 2.24) is 0 Å². The predicted molar refractivity (Wildman–Crippen MR) is 105 cm³/mol. The molecule has 0 heterocycles. The monoisotopic (exact) mass is 320 g/mol. The molecule has 1 nitrogen and oxygen atoms in total. The first kappa shape index (κ1) is 22.2. The molecule has 1 aromatic carbocycles. The molecule has 1 aromatic rings. The molecule has 134 valence electrons. The van der Waals surface area contributed by atoms with Gasteiger partial charge in [0.15, 0.2) is 0 Å². The van der Waals surface area contributed by atoms with E-state index < -0.39 is 0 Å². The third-order valence-electron chi connectivity index (χ3n) is 3.94. The maximum absolute atomic E-state index is 3.64. The second kappa shape index (κ2) is 16.1. The van der Waals surface area contributed by atoms with Crippen molar-refractivity contribution in [1.29, 1.82) is 0 Å². The summed E-state index contributed by atoms with van der Waals surface area (Å²) >= 11 is 0. The van der Waals surface area contributed by atoms with Crippen LogP contribution in [-0.2, 0) is 6.42 Å². The van der Waals surface area contributed by atoms with Crippen LogP contribution in [0.15, 0.2) is 24.3 Å². The third-order valence-corrected chi connectivity index (χ3v) is 3.94. The zero-order chi connectivity index (χ0) is 17.3. The van der Waals surface area contributed by atoms with Gasteiger partial charge in [0.05, 0.1) is 6.04 Å². The van der Waals surface area contributed by atoms with Crippen LogP contribution in [-0.4, -0.2) is 6.04 Å². The van der Waals surface area contributed by atoms with Gasteiger partial charge < -0.3 is 5.73 Å². The van der Waals surface area contributed by atoms with Gasteiger partial charge >= 0.3 is 0 Å². The molecule has 0 saturated carbocycles. The summed E-state index contributed by atoms with van der Waals surface area (Å²) in [5.41, 5.74) is 6.51. The number of hydrogen-bond acceptors (Lipinski definition) is 0. The Morgan fingerprint density at radius 2 is 1.13 bits per heavy atom. The zero-order valence-corrected chi connectivity index (χ0v) is 16.4. The highest BCUT2D eigenvalue weighted by Gasteiger charge is 1.95. The fourth-order valence-electron chi connectivity index (χ4n) is 2.57. The largest absolute Gasteiger partial charge is 0.356 e. The molecular weight excluding hydrogens is 278 g/mol. The van der Waals surface area contributed by atoms with E-state index in [1.807, 2.05) is 0 Å². The molecule has 0 amide bonds. The molecule has 0 spiro atoms. The summed E-state index contributed by atoms with van der Waals surface area (Å²) in [6, 6.07) is 9.60. The van der Waals surface area contributed by atoms with Crippen LogP contribution in [0.1, 0.15) is 96.1 Å². The number of quaternary nitrogens is 1. The normalized spacial score (nSPS) is 10.5. The molecule has 0 unspecified atom stereocenters. The van der Waals surface area contributed by atoms with Gasteiger partial charge in [-0.1, -0.05) is 94.5 Å². The molecular formula is C22H42N+. The van der Waals surface area contributed by atoms with E-state index in [-0.39, 0.29) is 0 Å². The SMILES string of the molecule is CC(C)[NH3+].CCCCCCCCCCCCc1ccc(C)cc1. The molecule has 0 aliphatic rings. The highest BCUT2D eigenvalue weighted by atomic mass is 14.6. The third kappa shape index (κ3) is 17.4. The molecule has 0 aromatic heterocycles. The number of hydrogen-bond donors (Lipinski definition) is 1. The van der Waals surface area contributed by atoms with Crippen molar-refractivity contribution in [2.45, 2.75) is 104 Å². The average Bonchev–Trinajstić information content (AvgIpc) is 2.50. The lowest BCUT2D eigenvalue weighted by Gasteiger charge is -2.03. The van der Waals surface area contributed by atoms with Crippen LogP contribution in [0.3, 0.4) is 0 Å². The summed E-state index contributed by atoms with van der Waals surface area (Å²) in [4.78, 5) is 0. The molecule has 0 atom stereocenters. The Kier molecular flexibility index (Phi) is 15.5. The van der Waals surface area contributed by atoms with Crippen molar-refractivity contribution in [3.8, 4) is 0 Å². The van der Waals surface area contributed by atoms with Crippen LogP contribution in [0.4, 0.5) is 0 Å². The van der Waals surface area contributed by atoms with E-state index in [2.05, 4.69) is 57.7 Å². The fraction of sp³-hybridized carbons (Fsp3) is 0.727. The Balaban J connectivity index is 0.00000108. The van der Waals surface area contributed by atoms with Gasteiger partial charge in [-0.15, -0.1) is 0 Å². The highest BCUT2D eigenvalue weighted by Crippen LogP contribution is 2.12. The molecule has 3 N–H and O–H groups in total. The first-order chi connectivity index (χ1) is 11.1. The van der Waals surface area contributed by atoms with E-state index in [9.17, 15) is 0 Å². The van der Waals surface area contributed by atoms with E-state index in [4.69, 9.17) is 0 Å². The maximum atomic E-state index is 3.64. The quantitative estimate of drug-likeness (QED) is 0.477. The predicted octanol–water partition coefficient (Wildman–Crippen LogP) is 6.10. The summed E-state index contributed by atoms with van der Waals surface area (Å²) in [7, 11) is 0. The van der Waals surface area contributed by atoms with Crippen molar-refractivity contribution in [3.63, 3.8) is 0 Å². The highest BCUT2D eigenvalue weighted by molar-refractivity contribution is 5.21. The van der Waals surface area contributed by atoms with Gasteiger partial charge in [0, 0.05) is 0 Å². The number of aryl methyl sites for hydroxylation is 2. The van der Waals surface area contributed by atoms with Gasteiger partial charge in [-0.2, -0.15) is 0 Å². The molecule has 23 heavy (non-hydrogen) atoms. The Morgan fingerprint density at radius 1 is 0.739 bits per heavy atom. The molecule has 0 aliphatic heterocycles. The lowest BCUT2D eigenvalue weighted by atomic mass is 10.0. The van der Waals surface area contributed by atoms with Crippen molar-refractivity contribution in [2.24, 2.45) is 0 Å². The van der Waals surface area contributed by atoms with E-state index in [0.29, 0.717) is 6.04 Å². The van der Waals surface area contributed by atoms with Gasteiger partial charge in [0.2, 0.25) is 0 Å². The lowest BCUT2D eigenvalue weighted by molar-refractivity contribution is -0.407. The Bertz CT molecular complexity index is 337. The minimum atomic E-state index is 0.583. The van der Waals surface area contributed by atoms with Gasteiger partial charge in [-0.3, -0.25) is 0 Å². The van der Waals surface area contributed by atoms with Crippen LogP contribution in [0.5, 0.6) is 0 Å². The van der Waals surface area contributed by atoms with Gasteiger partial charge in [0.25, 0.3) is 0 Å². The maximum Gasteiger partial charge on any atom is 0.0786 e. The minimum Gasteiger partial charge on any atom is -0.356 e. The van der Waals surface area contributed by atoms with E-state index in [1.54, 1.807) is 0 Å². The summed E-state index contributed by atoms with van der Waals surface area (Å²) in [5.74, 6) is 0. The Hall–Kier alpha value is -0.820. The summed E-state index contributed by atoms with van der Waals surface area (Å²) in [5, 5.41) is 0. The number of rotatable bonds is 11. The smallest absolute Gasteiger partial charge is 0.0786 e. The van der Waals surface area contributed by atoms with Crippen LogP contribution >= 0.6 is 0 Å². The van der Waals surface area contributed by atoms with Crippen LogP contribution in [0.25, 0.3) is 0 Å². The van der Waals surface area contributed by atoms with Gasteiger partial charge in [-0.25, -0.2) is 0 Å². The van der Waals surface area contributed by atoms with Crippen molar-refractivity contribution < 1.29 is 5.73 Å². The van der Waals surface area contributed by atoms with Crippen LogP contribution in [0.2, 0.25) is 0 Å². The van der Waals surface area contributed by atoms with Gasteiger partial charge in [-0.05, 0) is 39.2 Å². The van der Waals surface area contributed by atoms with E-state index >= 15 is 0 Å². The summed E-state index contributed by atoms with van der Waals surface area (Å²) in [6.07, 6.45) is 15.5. The summed E-state index contributed by atoms with van der Waals surface area (Å²) in [6.45, 7) is 8.55. The Labute approximate surface area is 146 Å². The molecule has 0 bridgehead atoms.